The number of amides is 2. The van der Waals surface area contributed by atoms with E-state index in [1.807, 2.05) is 65.8 Å². The normalized spacial score (nSPS) is 22.2. The Hall–Kier alpha value is -1.98. The first-order chi connectivity index (χ1) is 11.9. The lowest BCUT2D eigenvalue weighted by atomic mass is 10.0. The van der Waals surface area contributed by atoms with Crippen LogP contribution in [-0.2, 0) is 25.5 Å². The number of benzene rings is 1. The van der Waals surface area contributed by atoms with Gasteiger partial charge in [-0.05, 0) is 52.7 Å². The van der Waals surface area contributed by atoms with E-state index in [1.165, 1.54) is 17.1 Å². The van der Waals surface area contributed by atoms with Crippen LogP contribution < -0.4 is 0 Å². The fraction of sp³-hybridized carbons (Fsp3) is 0.524. The van der Waals surface area contributed by atoms with Crippen LogP contribution in [0.3, 0.4) is 0 Å². The molecule has 0 saturated heterocycles. The summed E-state index contributed by atoms with van der Waals surface area (Å²) in [6.45, 7) is 11.7. The minimum atomic E-state index is -1.14. The quantitative estimate of drug-likeness (QED) is 0.613. The van der Waals surface area contributed by atoms with Crippen molar-refractivity contribution in [1.29, 1.82) is 0 Å². The summed E-state index contributed by atoms with van der Waals surface area (Å²) in [4.78, 5) is 26.3. The van der Waals surface area contributed by atoms with E-state index in [1.54, 1.807) is 0 Å². The highest BCUT2D eigenvalue weighted by molar-refractivity contribution is 6.13. The van der Waals surface area contributed by atoms with Gasteiger partial charge in [-0.25, -0.2) is 0 Å². The standard InChI is InChI=1S/C21H27NO4/c1-19(2,3)25-21(26-20(4,5)6)13-14-9-7-8-10-15(14)18(21)22-16(23)11-12-17(22)24/h7-12,18H,13H2,1-6H3/t18-/m0/s1. The topological polar surface area (TPSA) is 55.8 Å². The van der Waals surface area contributed by atoms with Crippen LogP contribution in [0, 0.1) is 0 Å². The third kappa shape index (κ3) is 3.46. The first-order valence-electron chi connectivity index (χ1n) is 8.95. The molecule has 26 heavy (non-hydrogen) atoms. The van der Waals surface area contributed by atoms with Gasteiger partial charge in [0.15, 0.2) is 5.79 Å². The first kappa shape index (κ1) is 18.8. The van der Waals surface area contributed by atoms with E-state index in [9.17, 15) is 9.59 Å². The van der Waals surface area contributed by atoms with Gasteiger partial charge in [0.25, 0.3) is 11.8 Å². The lowest BCUT2D eigenvalue weighted by Crippen LogP contribution is -2.55. The van der Waals surface area contributed by atoms with Crippen molar-refractivity contribution in [3.63, 3.8) is 0 Å². The maximum Gasteiger partial charge on any atom is 0.254 e. The van der Waals surface area contributed by atoms with Crippen LogP contribution in [0.25, 0.3) is 0 Å². The van der Waals surface area contributed by atoms with Gasteiger partial charge in [-0.3, -0.25) is 14.5 Å². The Morgan fingerprint density at radius 2 is 1.42 bits per heavy atom. The van der Waals surface area contributed by atoms with Gasteiger partial charge in [0.2, 0.25) is 0 Å². The number of nitrogens with zero attached hydrogens (tertiary/aromatic N) is 1. The number of hydrogen-bond donors (Lipinski definition) is 0. The van der Waals surface area contributed by atoms with Crippen LogP contribution >= 0.6 is 0 Å². The minimum Gasteiger partial charge on any atom is -0.342 e. The molecule has 1 aromatic rings. The van der Waals surface area contributed by atoms with E-state index in [-0.39, 0.29) is 11.8 Å². The molecule has 3 rings (SSSR count). The van der Waals surface area contributed by atoms with Gasteiger partial charge in [-0.15, -0.1) is 0 Å². The van der Waals surface area contributed by atoms with Crippen LogP contribution in [0.1, 0.15) is 58.7 Å². The molecule has 1 atom stereocenters. The number of carbonyl (C=O) groups excluding carboxylic acids is 2. The van der Waals surface area contributed by atoms with Crippen LogP contribution in [0.15, 0.2) is 36.4 Å². The van der Waals surface area contributed by atoms with Crippen molar-refractivity contribution in [2.75, 3.05) is 0 Å². The van der Waals surface area contributed by atoms with E-state index in [4.69, 9.17) is 9.47 Å². The largest absolute Gasteiger partial charge is 0.342 e. The Morgan fingerprint density at radius 1 is 0.923 bits per heavy atom. The predicted molar refractivity (Wildman–Crippen MR) is 98.3 cm³/mol. The molecule has 0 N–H and O–H groups in total. The monoisotopic (exact) mass is 357 g/mol. The first-order valence-corrected chi connectivity index (χ1v) is 8.95. The molecule has 1 aliphatic heterocycles. The van der Waals surface area contributed by atoms with E-state index in [0.717, 1.165) is 11.1 Å². The van der Waals surface area contributed by atoms with Crippen LogP contribution in [0.4, 0.5) is 0 Å². The Balaban J connectivity index is 2.17. The van der Waals surface area contributed by atoms with Crippen molar-refractivity contribution >= 4 is 11.8 Å². The molecule has 0 saturated carbocycles. The minimum absolute atomic E-state index is 0.337. The summed E-state index contributed by atoms with van der Waals surface area (Å²) in [6.07, 6.45) is 3.09. The number of imide groups is 1. The van der Waals surface area contributed by atoms with E-state index in [2.05, 4.69) is 0 Å². The molecular formula is C21H27NO4. The second kappa shape index (κ2) is 6.03. The molecule has 5 heteroatoms. The molecule has 0 spiro atoms. The molecule has 5 nitrogen and oxygen atoms in total. The molecule has 0 fully saturated rings. The Kier molecular flexibility index (Phi) is 4.36. The maximum atomic E-state index is 12.5. The second-order valence-electron chi connectivity index (χ2n) is 8.90. The van der Waals surface area contributed by atoms with E-state index < -0.39 is 23.0 Å². The van der Waals surface area contributed by atoms with Gasteiger partial charge >= 0.3 is 0 Å². The van der Waals surface area contributed by atoms with Crippen LogP contribution in [0.2, 0.25) is 0 Å². The number of rotatable bonds is 3. The summed E-state index contributed by atoms with van der Waals surface area (Å²) in [5, 5.41) is 0. The van der Waals surface area contributed by atoms with Crippen molar-refractivity contribution in [3.8, 4) is 0 Å². The van der Waals surface area contributed by atoms with Crippen LogP contribution in [-0.4, -0.2) is 33.7 Å². The molecule has 0 bridgehead atoms. The zero-order valence-corrected chi connectivity index (χ0v) is 16.3. The SMILES string of the molecule is CC(C)(C)OC1(OC(C)(C)C)Cc2ccccc2[C@@H]1N1C(=O)C=CC1=O. The molecule has 0 radical (unpaired) electrons. The lowest BCUT2D eigenvalue weighted by molar-refractivity contribution is -0.327. The van der Waals surface area contributed by atoms with Gasteiger partial charge in [0, 0.05) is 18.6 Å². The highest BCUT2D eigenvalue weighted by Crippen LogP contribution is 2.50. The molecular weight excluding hydrogens is 330 g/mol. The summed E-state index contributed by atoms with van der Waals surface area (Å²) < 4.78 is 12.9. The molecule has 140 valence electrons. The third-order valence-electron chi connectivity index (χ3n) is 4.26. The number of ether oxygens (including phenoxy) is 2. The third-order valence-corrected chi connectivity index (χ3v) is 4.26. The zero-order chi connectivity index (χ0) is 19.3. The molecule has 0 unspecified atom stereocenters. The number of carbonyl (C=O) groups is 2. The summed E-state index contributed by atoms with van der Waals surface area (Å²) in [7, 11) is 0. The van der Waals surface area contributed by atoms with Crippen molar-refractivity contribution < 1.29 is 19.1 Å². The molecule has 1 heterocycles. The van der Waals surface area contributed by atoms with Gasteiger partial charge in [-0.2, -0.15) is 0 Å². The summed E-state index contributed by atoms with van der Waals surface area (Å²) in [5.41, 5.74) is 0.875. The number of fused-ring (bicyclic) bond motifs is 1. The van der Waals surface area contributed by atoms with Gasteiger partial charge < -0.3 is 9.47 Å². The zero-order valence-electron chi connectivity index (χ0n) is 16.3. The fourth-order valence-electron chi connectivity index (χ4n) is 3.80. The Bertz CT molecular complexity index is 733. The molecule has 2 amide bonds. The Labute approximate surface area is 155 Å². The fourth-order valence-corrected chi connectivity index (χ4v) is 3.80. The molecule has 2 aliphatic rings. The summed E-state index contributed by atoms with van der Waals surface area (Å²) in [5.74, 6) is -1.82. The number of hydrogen-bond acceptors (Lipinski definition) is 4. The van der Waals surface area contributed by atoms with Crippen molar-refractivity contribution in [2.24, 2.45) is 0 Å². The van der Waals surface area contributed by atoms with Crippen molar-refractivity contribution in [1.82, 2.24) is 4.90 Å². The molecule has 1 aromatic carbocycles. The summed E-state index contributed by atoms with van der Waals surface area (Å²) >= 11 is 0. The van der Waals surface area contributed by atoms with E-state index >= 15 is 0 Å². The van der Waals surface area contributed by atoms with Gasteiger partial charge in [0.1, 0.15) is 6.04 Å². The van der Waals surface area contributed by atoms with E-state index in [0.29, 0.717) is 6.42 Å². The smallest absolute Gasteiger partial charge is 0.254 e. The van der Waals surface area contributed by atoms with Gasteiger partial charge in [0.05, 0.1) is 11.2 Å². The van der Waals surface area contributed by atoms with Gasteiger partial charge in [-0.1, -0.05) is 24.3 Å². The maximum absolute atomic E-state index is 12.5. The predicted octanol–water partition coefficient (Wildman–Crippen LogP) is 3.54. The van der Waals surface area contributed by atoms with Crippen LogP contribution in [0.5, 0.6) is 0 Å². The average Bonchev–Trinajstić information content (AvgIpc) is 2.92. The average molecular weight is 357 g/mol. The second-order valence-corrected chi connectivity index (χ2v) is 8.90. The highest BCUT2D eigenvalue weighted by Gasteiger charge is 2.57. The summed E-state index contributed by atoms with van der Waals surface area (Å²) in [6, 6.07) is 7.17. The van der Waals surface area contributed by atoms with Crippen molar-refractivity contribution in [3.05, 3.63) is 47.5 Å². The highest BCUT2D eigenvalue weighted by atomic mass is 16.7. The Morgan fingerprint density at radius 3 is 1.92 bits per heavy atom. The molecule has 1 aliphatic carbocycles. The lowest BCUT2D eigenvalue weighted by Gasteiger charge is -2.46. The molecule has 0 aromatic heterocycles. The van der Waals surface area contributed by atoms with Crippen molar-refractivity contribution in [2.45, 2.75) is 71.0 Å².